The lowest BCUT2D eigenvalue weighted by molar-refractivity contribution is -0.158. The van der Waals surface area contributed by atoms with Crippen LogP contribution < -0.4 is 10.5 Å². The minimum absolute atomic E-state index is 0. The van der Waals surface area contributed by atoms with E-state index in [0.29, 0.717) is 31.9 Å². The van der Waals surface area contributed by atoms with E-state index in [2.05, 4.69) is 9.88 Å². The summed E-state index contributed by atoms with van der Waals surface area (Å²) in [6.45, 7) is 3.04. The third-order valence-electron chi connectivity index (χ3n) is 5.32. The summed E-state index contributed by atoms with van der Waals surface area (Å²) in [7, 11) is -2.47. The molecule has 10 nitrogen and oxygen atoms in total. The maximum Gasteiger partial charge on any atom is 0.237 e. The van der Waals surface area contributed by atoms with Crippen LogP contribution in [0, 0.1) is 0 Å². The number of benzene rings is 1. The van der Waals surface area contributed by atoms with Gasteiger partial charge in [-0.05, 0) is 36.8 Å². The van der Waals surface area contributed by atoms with Crippen molar-refractivity contribution in [2.75, 3.05) is 40.0 Å². The van der Waals surface area contributed by atoms with Crippen molar-refractivity contribution in [1.82, 2.24) is 14.9 Å². The molecule has 0 saturated carbocycles. The SMILES string of the molecule is COc1ccc(S(=O)(=O)c2ncccc2CN(O)C(CCN2CCOCC2)C(N)=O)cc1.Cl.Cl. The number of hydrogen-bond acceptors (Lipinski definition) is 9. The van der Waals surface area contributed by atoms with Gasteiger partial charge in [0.25, 0.3) is 0 Å². The Kier molecular flexibility index (Phi) is 12.2. The standard InChI is InChI=1S/C21H28N4O6S.2ClH/c1-30-17-4-6-18(7-5-17)32(28,29)21-16(3-2-9-23-21)15-25(27)19(20(22)26)8-10-24-11-13-31-14-12-24;;/h2-7,9,19,27H,8,10-15H2,1H3,(H2,22,26);2*1H. The Morgan fingerprint density at radius 3 is 2.47 bits per heavy atom. The van der Waals surface area contributed by atoms with E-state index in [-0.39, 0.29) is 46.8 Å². The van der Waals surface area contributed by atoms with Crippen molar-refractivity contribution in [2.24, 2.45) is 5.73 Å². The molecule has 1 saturated heterocycles. The molecule has 3 rings (SSSR count). The van der Waals surface area contributed by atoms with E-state index in [1.165, 1.54) is 25.4 Å². The van der Waals surface area contributed by atoms with Gasteiger partial charge in [-0.2, -0.15) is 5.06 Å². The molecule has 34 heavy (non-hydrogen) atoms. The zero-order valence-electron chi connectivity index (χ0n) is 18.7. The van der Waals surface area contributed by atoms with Crippen LogP contribution in [0.2, 0.25) is 0 Å². The van der Waals surface area contributed by atoms with Crippen LogP contribution in [0.1, 0.15) is 12.0 Å². The maximum absolute atomic E-state index is 13.2. The average molecular weight is 537 g/mol. The number of carbonyl (C=O) groups is 1. The quantitative estimate of drug-likeness (QED) is 0.433. The molecule has 3 N–H and O–H groups in total. The normalized spacial score (nSPS) is 15.1. The molecule has 1 aliphatic heterocycles. The second kappa shape index (κ2) is 13.8. The van der Waals surface area contributed by atoms with E-state index in [1.807, 2.05) is 0 Å². The summed E-state index contributed by atoms with van der Waals surface area (Å²) in [5, 5.41) is 11.2. The van der Waals surface area contributed by atoms with Gasteiger partial charge in [0.1, 0.15) is 11.8 Å². The predicted octanol–water partition coefficient (Wildman–Crippen LogP) is 1.53. The van der Waals surface area contributed by atoms with Gasteiger partial charge in [0.15, 0.2) is 5.03 Å². The fourth-order valence-electron chi connectivity index (χ4n) is 3.51. The van der Waals surface area contributed by atoms with Crippen LogP contribution in [0.5, 0.6) is 5.75 Å². The van der Waals surface area contributed by atoms with Gasteiger partial charge in [-0.3, -0.25) is 9.69 Å². The van der Waals surface area contributed by atoms with Crippen molar-refractivity contribution in [3.8, 4) is 5.75 Å². The number of nitrogens with two attached hydrogens (primary N) is 1. The molecule has 13 heteroatoms. The van der Waals surface area contributed by atoms with E-state index in [1.54, 1.807) is 24.3 Å². The number of sulfone groups is 1. The fourth-order valence-corrected chi connectivity index (χ4v) is 4.90. The van der Waals surface area contributed by atoms with E-state index < -0.39 is 21.8 Å². The largest absolute Gasteiger partial charge is 0.497 e. The molecule has 2 aromatic rings. The summed E-state index contributed by atoms with van der Waals surface area (Å²) in [6.07, 6.45) is 1.66. The lowest BCUT2D eigenvalue weighted by Gasteiger charge is -2.30. The minimum Gasteiger partial charge on any atom is -0.497 e. The van der Waals surface area contributed by atoms with E-state index in [9.17, 15) is 18.4 Å². The summed E-state index contributed by atoms with van der Waals surface area (Å²) in [6, 6.07) is 8.09. The number of nitrogens with zero attached hydrogens (tertiary/aromatic N) is 3. The molecule has 0 radical (unpaired) electrons. The summed E-state index contributed by atoms with van der Waals surface area (Å²) in [5.74, 6) is -0.166. The van der Waals surface area contributed by atoms with Gasteiger partial charge in [-0.15, -0.1) is 24.8 Å². The molecule has 1 amide bonds. The third-order valence-corrected chi connectivity index (χ3v) is 7.09. The molecule has 0 spiro atoms. The molecule has 1 aliphatic rings. The van der Waals surface area contributed by atoms with Crippen molar-refractivity contribution < 1.29 is 27.9 Å². The first-order valence-electron chi connectivity index (χ1n) is 10.2. The van der Waals surface area contributed by atoms with Crippen LogP contribution in [0.4, 0.5) is 0 Å². The number of morpholine rings is 1. The third kappa shape index (κ3) is 7.51. The highest BCUT2D eigenvalue weighted by Gasteiger charge is 2.28. The van der Waals surface area contributed by atoms with Crippen LogP contribution in [0.3, 0.4) is 0 Å². The minimum atomic E-state index is -3.96. The lowest BCUT2D eigenvalue weighted by Crippen LogP contribution is -2.46. The number of hydroxylamine groups is 2. The Hall–Kier alpha value is -1.99. The number of ether oxygens (including phenoxy) is 2. The predicted molar refractivity (Wildman–Crippen MR) is 129 cm³/mol. The van der Waals surface area contributed by atoms with Gasteiger partial charge in [0.2, 0.25) is 15.7 Å². The Balaban J connectivity index is 0.00000289. The first kappa shape index (κ1) is 30.0. The molecule has 190 valence electrons. The highest BCUT2D eigenvalue weighted by atomic mass is 35.5. The Bertz CT molecular complexity index is 1020. The second-order valence-electron chi connectivity index (χ2n) is 7.41. The van der Waals surface area contributed by atoms with Gasteiger partial charge in [0.05, 0.1) is 31.8 Å². The lowest BCUT2D eigenvalue weighted by atomic mass is 10.1. The summed E-state index contributed by atoms with van der Waals surface area (Å²) < 4.78 is 36.7. The first-order chi connectivity index (χ1) is 15.3. The van der Waals surface area contributed by atoms with E-state index in [0.717, 1.165) is 18.2 Å². The molecular weight excluding hydrogens is 507 g/mol. The highest BCUT2D eigenvalue weighted by Crippen LogP contribution is 2.25. The van der Waals surface area contributed by atoms with Crippen LogP contribution in [-0.2, 0) is 25.9 Å². The number of aromatic nitrogens is 1. The number of amides is 1. The van der Waals surface area contributed by atoms with Gasteiger partial charge in [-0.25, -0.2) is 13.4 Å². The highest BCUT2D eigenvalue weighted by molar-refractivity contribution is 7.91. The summed E-state index contributed by atoms with van der Waals surface area (Å²) in [5.41, 5.74) is 5.77. The van der Waals surface area contributed by atoms with Crippen LogP contribution >= 0.6 is 24.8 Å². The summed E-state index contributed by atoms with van der Waals surface area (Å²) >= 11 is 0. The topological polar surface area (TPSA) is 135 Å². The number of pyridine rings is 1. The van der Waals surface area contributed by atoms with Crippen molar-refractivity contribution in [1.29, 1.82) is 0 Å². The first-order valence-corrected chi connectivity index (χ1v) is 11.7. The smallest absolute Gasteiger partial charge is 0.237 e. The Morgan fingerprint density at radius 2 is 1.88 bits per heavy atom. The monoisotopic (exact) mass is 536 g/mol. The van der Waals surface area contributed by atoms with Gasteiger partial charge >= 0.3 is 0 Å². The maximum atomic E-state index is 13.2. The number of carbonyl (C=O) groups excluding carboxylic acids is 1. The molecular formula is C21H30Cl2N4O6S. The van der Waals surface area contributed by atoms with Gasteiger partial charge < -0.3 is 20.4 Å². The molecule has 1 unspecified atom stereocenters. The Morgan fingerprint density at radius 1 is 1.24 bits per heavy atom. The van der Waals surface area contributed by atoms with Crippen LogP contribution in [0.15, 0.2) is 52.5 Å². The van der Waals surface area contributed by atoms with Gasteiger partial charge in [-0.1, -0.05) is 6.07 Å². The molecule has 0 aliphatic carbocycles. The van der Waals surface area contributed by atoms with Gasteiger partial charge in [0, 0.05) is 31.4 Å². The van der Waals surface area contributed by atoms with Crippen molar-refractivity contribution in [2.45, 2.75) is 28.9 Å². The van der Waals surface area contributed by atoms with E-state index in [4.69, 9.17) is 15.2 Å². The average Bonchev–Trinajstić information content (AvgIpc) is 2.80. The number of primary amides is 1. The molecule has 0 bridgehead atoms. The van der Waals surface area contributed by atoms with Crippen LogP contribution in [-0.4, -0.2) is 80.5 Å². The fraction of sp³-hybridized carbons (Fsp3) is 0.429. The molecule has 2 heterocycles. The molecule has 1 aromatic heterocycles. The van der Waals surface area contributed by atoms with E-state index >= 15 is 0 Å². The molecule has 1 atom stereocenters. The Labute approximate surface area is 211 Å². The van der Waals surface area contributed by atoms with Crippen molar-refractivity contribution in [3.63, 3.8) is 0 Å². The zero-order chi connectivity index (χ0) is 23.1. The molecule has 1 aromatic carbocycles. The zero-order valence-corrected chi connectivity index (χ0v) is 21.2. The summed E-state index contributed by atoms with van der Waals surface area (Å²) in [4.78, 5) is 18.2. The molecule has 1 fully saturated rings. The second-order valence-corrected chi connectivity index (χ2v) is 9.27. The van der Waals surface area contributed by atoms with Crippen molar-refractivity contribution >= 4 is 40.6 Å². The number of rotatable bonds is 10. The van der Waals surface area contributed by atoms with Crippen LogP contribution in [0.25, 0.3) is 0 Å². The van der Waals surface area contributed by atoms with Crippen molar-refractivity contribution in [3.05, 3.63) is 48.2 Å². The number of methoxy groups -OCH3 is 1. The number of hydrogen-bond donors (Lipinski definition) is 2. The number of halogens is 2.